The molecular formula is C25H31F4N5O2S. The zero-order valence-electron chi connectivity index (χ0n) is 20.3. The minimum atomic E-state index is -4.86. The fourth-order valence-electron chi connectivity index (χ4n) is 6.06. The second-order valence-corrected chi connectivity index (χ2v) is 11.4. The first kappa shape index (κ1) is 26.3. The molecule has 2 amide bonds. The van der Waals surface area contributed by atoms with Gasteiger partial charge < -0.3 is 26.0 Å². The average Bonchev–Trinajstić information content (AvgIpc) is 3.18. The number of carbonyl (C=O) groups is 1. The van der Waals surface area contributed by atoms with Crippen LogP contribution in [-0.2, 0) is 18.1 Å². The van der Waals surface area contributed by atoms with Crippen molar-refractivity contribution in [3.05, 3.63) is 45.7 Å². The van der Waals surface area contributed by atoms with Gasteiger partial charge in [-0.25, -0.2) is 14.2 Å². The Hall–Kier alpha value is -2.28. The van der Waals surface area contributed by atoms with Crippen LogP contribution in [-0.4, -0.2) is 64.2 Å². The van der Waals surface area contributed by atoms with Crippen LogP contribution in [0.2, 0.25) is 0 Å². The number of fused-ring (bicyclic) bond motifs is 1. The lowest BCUT2D eigenvalue weighted by Gasteiger charge is -2.31. The Bertz CT molecular complexity index is 1140. The maximum atomic E-state index is 13.8. The summed E-state index contributed by atoms with van der Waals surface area (Å²) >= 11 is 1.61. The molecule has 0 radical (unpaired) electrons. The van der Waals surface area contributed by atoms with E-state index in [2.05, 4.69) is 15.2 Å². The Morgan fingerprint density at radius 3 is 2.81 bits per heavy atom. The van der Waals surface area contributed by atoms with Gasteiger partial charge in [-0.15, -0.1) is 11.3 Å². The van der Waals surface area contributed by atoms with Crippen LogP contribution in [0.5, 0.6) is 0 Å². The molecule has 0 spiro atoms. The van der Waals surface area contributed by atoms with Crippen molar-refractivity contribution >= 4 is 23.1 Å². The molecule has 2 aromatic rings. The molecule has 1 aromatic carbocycles. The average molecular weight is 542 g/mol. The van der Waals surface area contributed by atoms with Crippen molar-refractivity contribution in [1.82, 2.24) is 14.8 Å². The predicted octanol–water partition coefficient (Wildman–Crippen LogP) is 4.17. The topological polar surface area (TPSA) is 94.7 Å². The Kier molecular flexibility index (Phi) is 7.20. The first-order valence-electron chi connectivity index (χ1n) is 12.6. The molecule has 4 N–H and O–H groups in total. The van der Waals surface area contributed by atoms with Gasteiger partial charge in [0.05, 0.1) is 11.7 Å². The molecule has 37 heavy (non-hydrogen) atoms. The highest BCUT2D eigenvalue weighted by Gasteiger charge is 2.64. The smallest absolute Gasteiger partial charge is 0.392 e. The zero-order valence-corrected chi connectivity index (χ0v) is 21.1. The highest BCUT2D eigenvalue weighted by atomic mass is 32.1. The zero-order chi connectivity index (χ0) is 26.4. The van der Waals surface area contributed by atoms with Crippen molar-refractivity contribution in [3.8, 4) is 0 Å². The number of β-amino-alcohol motifs (C(OH)–C–C–N with tert-alkyl or cyclic N) is 1. The fourth-order valence-corrected chi connectivity index (χ4v) is 7.15. The fraction of sp³-hybridized carbons (Fsp3) is 0.600. The molecule has 12 heteroatoms. The number of alkyl halides is 3. The lowest BCUT2D eigenvalue weighted by atomic mass is 10.0. The molecule has 0 bridgehead atoms. The van der Waals surface area contributed by atoms with Crippen molar-refractivity contribution in [3.63, 3.8) is 0 Å². The molecule has 0 unspecified atom stereocenters. The number of aliphatic hydroxyl groups is 1. The van der Waals surface area contributed by atoms with E-state index in [1.807, 2.05) is 6.20 Å². The lowest BCUT2D eigenvalue weighted by molar-refractivity contribution is -0.139. The number of benzene rings is 1. The van der Waals surface area contributed by atoms with Gasteiger partial charge in [-0.05, 0) is 62.8 Å². The molecule has 2 saturated carbocycles. The summed E-state index contributed by atoms with van der Waals surface area (Å²) in [5.41, 5.74) is 4.22. The van der Waals surface area contributed by atoms with E-state index in [9.17, 15) is 27.5 Å². The largest absolute Gasteiger partial charge is 0.419 e. The number of anilines is 1. The van der Waals surface area contributed by atoms with Crippen LogP contribution in [0.15, 0.2) is 24.4 Å². The molecule has 5 rings (SSSR count). The van der Waals surface area contributed by atoms with Gasteiger partial charge in [0.25, 0.3) is 0 Å². The number of likely N-dealkylation sites (tertiary alicyclic amines) is 1. The van der Waals surface area contributed by atoms with Crippen molar-refractivity contribution in [2.75, 3.05) is 31.5 Å². The van der Waals surface area contributed by atoms with E-state index >= 15 is 0 Å². The van der Waals surface area contributed by atoms with Crippen molar-refractivity contribution in [2.45, 2.75) is 62.4 Å². The third-order valence-electron chi connectivity index (χ3n) is 8.01. The van der Waals surface area contributed by atoms with Crippen LogP contribution in [0, 0.1) is 11.7 Å². The van der Waals surface area contributed by atoms with Crippen LogP contribution in [0.25, 0.3) is 0 Å². The summed E-state index contributed by atoms with van der Waals surface area (Å²) in [6.45, 7) is 2.93. The normalized spacial score (nSPS) is 27.4. The summed E-state index contributed by atoms with van der Waals surface area (Å²) in [6.07, 6.45) is 0.714. The third kappa shape index (κ3) is 5.34. The number of hydrogen-bond acceptors (Lipinski definition) is 6. The van der Waals surface area contributed by atoms with Crippen molar-refractivity contribution in [2.24, 2.45) is 11.7 Å². The SMILES string of the molecule is NCc1ncc([C@]23CC[C@@H](N(CCCN4CC[C@H](O)C4)C(=O)Nc4ccc(F)c(C(F)(F)F)c4)[C@H]2C3)s1. The second-order valence-electron chi connectivity index (χ2n) is 10.3. The predicted molar refractivity (Wildman–Crippen MR) is 132 cm³/mol. The summed E-state index contributed by atoms with van der Waals surface area (Å²) < 4.78 is 53.4. The minimum absolute atomic E-state index is 0.0212. The summed E-state index contributed by atoms with van der Waals surface area (Å²) in [4.78, 5) is 22.9. The van der Waals surface area contributed by atoms with Crippen LogP contribution >= 0.6 is 11.3 Å². The molecule has 2 heterocycles. The molecule has 2 aliphatic carbocycles. The Morgan fingerprint density at radius 2 is 2.16 bits per heavy atom. The monoisotopic (exact) mass is 541 g/mol. The van der Waals surface area contributed by atoms with Crippen LogP contribution in [0.1, 0.15) is 47.6 Å². The molecule has 1 aliphatic heterocycles. The van der Waals surface area contributed by atoms with Gasteiger partial charge in [-0.2, -0.15) is 13.2 Å². The van der Waals surface area contributed by atoms with Gasteiger partial charge in [-0.3, -0.25) is 0 Å². The van der Waals surface area contributed by atoms with E-state index in [0.29, 0.717) is 38.7 Å². The van der Waals surface area contributed by atoms with E-state index in [1.165, 1.54) is 4.88 Å². The summed E-state index contributed by atoms with van der Waals surface area (Å²) in [6, 6.07) is 1.96. The van der Waals surface area contributed by atoms with Crippen LogP contribution in [0.3, 0.4) is 0 Å². The first-order valence-corrected chi connectivity index (χ1v) is 13.4. The number of rotatable bonds is 8. The van der Waals surface area contributed by atoms with Gasteiger partial charge in [0.1, 0.15) is 10.8 Å². The third-order valence-corrected chi connectivity index (χ3v) is 9.25. The maximum Gasteiger partial charge on any atom is 0.419 e. The number of nitrogens with two attached hydrogens (primary N) is 1. The number of halogens is 4. The first-order chi connectivity index (χ1) is 17.6. The number of aliphatic hydroxyl groups excluding tert-OH is 1. The standard InChI is InChI=1S/C25H31F4N5O2S/c26-19-3-2-15(10-17(19)25(27,28)29)32-23(36)34(8-1-7-33-9-5-16(35)14-33)20-4-6-24(11-18(20)24)21-13-31-22(12-30)37-21/h2-3,10,13,16,18,20,35H,1,4-9,11-12,14,30H2,(H,32,36)/t16-,18+,20+,24-/m0/s1. The highest BCUT2D eigenvalue weighted by molar-refractivity contribution is 7.11. The van der Waals surface area contributed by atoms with Gasteiger partial charge in [0, 0.05) is 54.4 Å². The quantitative estimate of drug-likeness (QED) is 0.436. The molecule has 3 fully saturated rings. The van der Waals surface area contributed by atoms with Gasteiger partial charge in [0.15, 0.2) is 0 Å². The Balaban J connectivity index is 1.32. The van der Waals surface area contributed by atoms with E-state index in [4.69, 9.17) is 5.73 Å². The number of amides is 2. The van der Waals surface area contributed by atoms with Crippen molar-refractivity contribution < 1.29 is 27.5 Å². The molecule has 4 atom stereocenters. The molecule has 1 saturated heterocycles. The molecular weight excluding hydrogens is 510 g/mol. The van der Waals surface area contributed by atoms with Gasteiger partial charge in [0.2, 0.25) is 0 Å². The van der Waals surface area contributed by atoms with Gasteiger partial charge in [-0.1, -0.05) is 0 Å². The van der Waals surface area contributed by atoms with Crippen molar-refractivity contribution in [1.29, 1.82) is 0 Å². The second kappa shape index (κ2) is 10.1. The maximum absolute atomic E-state index is 13.8. The number of hydrogen-bond donors (Lipinski definition) is 3. The number of aromatic nitrogens is 1. The Morgan fingerprint density at radius 1 is 1.35 bits per heavy atom. The van der Waals surface area contributed by atoms with E-state index in [-0.39, 0.29) is 29.2 Å². The molecule has 1 aromatic heterocycles. The number of thiazole rings is 1. The number of nitrogens with zero attached hydrogens (tertiary/aromatic N) is 3. The summed E-state index contributed by atoms with van der Waals surface area (Å²) in [5, 5.41) is 13.3. The van der Waals surface area contributed by atoms with E-state index in [0.717, 1.165) is 49.4 Å². The highest BCUT2D eigenvalue weighted by Crippen LogP contribution is 2.66. The summed E-state index contributed by atoms with van der Waals surface area (Å²) in [5.74, 6) is -1.13. The van der Waals surface area contributed by atoms with Gasteiger partial charge >= 0.3 is 12.2 Å². The lowest BCUT2D eigenvalue weighted by Crippen LogP contribution is -2.44. The van der Waals surface area contributed by atoms with E-state index in [1.54, 1.807) is 16.2 Å². The number of carbonyl (C=O) groups excluding carboxylic acids is 1. The molecule has 7 nitrogen and oxygen atoms in total. The molecule has 3 aliphatic rings. The van der Waals surface area contributed by atoms with Crippen LogP contribution < -0.4 is 11.1 Å². The number of nitrogens with one attached hydrogen (secondary N) is 1. The van der Waals surface area contributed by atoms with E-state index < -0.39 is 23.6 Å². The molecule has 202 valence electrons. The number of urea groups is 1. The minimum Gasteiger partial charge on any atom is -0.392 e. The van der Waals surface area contributed by atoms with Crippen LogP contribution in [0.4, 0.5) is 28.0 Å². The Labute approximate surface area is 216 Å². The summed E-state index contributed by atoms with van der Waals surface area (Å²) in [7, 11) is 0.